The Balaban J connectivity index is 1.91. The summed E-state index contributed by atoms with van der Waals surface area (Å²) in [6, 6.07) is 0. The van der Waals surface area contributed by atoms with Gasteiger partial charge in [0.1, 0.15) is 0 Å². The van der Waals surface area contributed by atoms with E-state index in [1.165, 1.54) is 32.4 Å². The second kappa shape index (κ2) is 8.48. The molecule has 1 fully saturated rings. The van der Waals surface area contributed by atoms with Gasteiger partial charge < -0.3 is 15.1 Å². The minimum Gasteiger partial charge on any atom is -0.349 e. The van der Waals surface area contributed by atoms with Gasteiger partial charge in [0.05, 0.1) is 0 Å². The molecule has 4 heteroatoms. The van der Waals surface area contributed by atoms with E-state index in [1.54, 1.807) is 4.90 Å². The third-order valence-corrected chi connectivity index (χ3v) is 3.81. The Morgan fingerprint density at radius 2 is 1.94 bits per heavy atom. The molecule has 0 aliphatic carbocycles. The van der Waals surface area contributed by atoms with E-state index in [0.29, 0.717) is 6.42 Å². The Morgan fingerprint density at radius 1 is 1.28 bits per heavy atom. The highest BCUT2D eigenvalue weighted by atomic mass is 16.2. The van der Waals surface area contributed by atoms with E-state index in [4.69, 9.17) is 0 Å². The van der Waals surface area contributed by atoms with Crippen LogP contribution in [0.1, 0.15) is 32.1 Å². The molecule has 1 amide bonds. The maximum atomic E-state index is 11.3. The summed E-state index contributed by atoms with van der Waals surface area (Å²) in [6.07, 6.45) is 5.59. The van der Waals surface area contributed by atoms with Crippen LogP contribution in [0.5, 0.6) is 0 Å². The largest absolute Gasteiger partial charge is 0.349 e. The summed E-state index contributed by atoms with van der Waals surface area (Å²) in [7, 11) is 5.84. The molecule has 1 aliphatic heterocycles. The molecule has 18 heavy (non-hydrogen) atoms. The van der Waals surface area contributed by atoms with Crippen LogP contribution in [0.25, 0.3) is 0 Å². The Kier molecular flexibility index (Phi) is 7.28. The molecule has 0 saturated carbocycles. The fraction of sp³-hybridized carbons (Fsp3) is 0.929. The summed E-state index contributed by atoms with van der Waals surface area (Å²) in [5.41, 5.74) is 0. The van der Waals surface area contributed by atoms with Gasteiger partial charge in [-0.15, -0.1) is 0 Å². The zero-order valence-corrected chi connectivity index (χ0v) is 12.2. The molecule has 1 heterocycles. The topological polar surface area (TPSA) is 35.6 Å². The second-order valence-corrected chi connectivity index (χ2v) is 5.68. The number of carbonyl (C=O) groups excluding carboxylic acids is 1. The molecule has 0 aromatic rings. The number of carbonyl (C=O) groups is 1. The van der Waals surface area contributed by atoms with Crippen LogP contribution in [0.3, 0.4) is 0 Å². The number of hydrogen-bond donors (Lipinski definition) is 1. The number of piperidine rings is 1. The molecule has 0 atom stereocenters. The molecular formula is C14H29N3O. The van der Waals surface area contributed by atoms with Crippen LogP contribution in [0.15, 0.2) is 0 Å². The summed E-state index contributed by atoms with van der Waals surface area (Å²) in [4.78, 5) is 15.4. The van der Waals surface area contributed by atoms with Gasteiger partial charge in [-0.2, -0.15) is 0 Å². The monoisotopic (exact) mass is 255 g/mol. The third-order valence-electron chi connectivity index (χ3n) is 3.81. The maximum absolute atomic E-state index is 11.3. The molecule has 4 nitrogen and oxygen atoms in total. The average molecular weight is 255 g/mol. The van der Waals surface area contributed by atoms with Gasteiger partial charge in [0.25, 0.3) is 0 Å². The lowest BCUT2D eigenvalue weighted by Gasteiger charge is -2.28. The smallest absolute Gasteiger partial charge is 0.222 e. The summed E-state index contributed by atoms with van der Waals surface area (Å²) < 4.78 is 0. The molecule has 1 saturated heterocycles. The highest BCUT2D eigenvalue weighted by Gasteiger charge is 2.15. The third kappa shape index (κ3) is 6.36. The van der Waals surface area contributed by atoms with E-state index in [1.807, 2.05) is 14.1 Å². The van der Waals surface area contributed by atoms with Crippen molar-refractivity contribution in [3.8, 4) is 0 Å². The van der Waals surface area contributed by atoms with Crippen LogP contribution in [0, 0.1) is 5.92 Å². The highest BCUT2D eigenvalue weighted by molar-refractivity contribution is 5.75. The molecule has 0 aromatic carbocycles. The van der Waals surface area contributed by atoms with Gasteiger partial charge in [-0.3, -0.25) is 4.79 Å². The Bertz CT molecular complexity index is 235. The molecule has 0 spiro atoms. The normalized spacial score (nSPS) is 17.9. The van der Waals surface area contributed by atoms with Gasteiger partial charge in [0.15, 0.2) is 0 Å². The number of nitrogens with one attached hydrogen (secondary N) is 1. The summed E-state index contributed by atoms with van der Waals surface area (Å²) >= 11 is 0. The average Bonchev–Trinajstić information content (AvgIpc) is 2.35. The molecule has 0 bridgehead atoms. The SMILES string of the molecule is CN1CCC(CCNCCCC(=O)N(C)C)CC1. The molecule has 0 unspecified atom stereocenters. The van der Waals surface area contributed by atoms with E-state index in [-0.39, 0.29) is 5.91 Å². The fourth-order valence-corrected chi connectivity index (χ4v) is 2.37. The van der Waals surface area contributed by atoms with Gasteiger partial charge in [0, 0.05) is 20.5 Å². The minimum absolute atomic E-state index is 0.229. The first-order valence-corrected chi connectivity index (χ1v) is 7.19. The van der Waals surface area contributed by atoms with Crippen molar-refractivity contribution in [1.29, 1.82) is 0 Å². The molecular weight excluding hydrogens is 226 g/mol. The van der Waals surface area contributed by atoms with Gasteiger partial charge in [0.2, 0.25) is 5.91 Å². The highest BCUT2D eigenvalue weighted by Crippen LogP contribution is 2.18. The first-order valence-electron chi connectivity index (χ1n) is 7.19. The van der Waals surface area contributed by atoms with Crippen molar-refractivity contribution in [3.63, 3.8) is 0 Å². The predicted molar refractivity (Wildman–Crippen MR) is 75.6 cm³/mol. The Morgan fingerprint density at radius 3 is 2.56 bits per heavy atom. The van der Waals surface area contributed by atoms with Crippen LogP contribution < -0.4 is 5.32 Å². The second-order valence-electron chi connectivity index (χ2n) is 5.68. The quantitative estimate of drug-likeness (QED) is 0.694. The van der Waals surface area contributed by atoms with Crippen molar-refractivity contribution < 1.29 is 4.79 Å². The van der Waals surface area contributed by atoms with Crippen LogP contribution >= 0.6 is 0 Å². The van der Waals surface area contributed by atoms with Crippen LogP contribution in [-0.4, -0.2) is 63.0 Å². The van der Waals surface area contributed by atoms with Crippen molar-refractivity contribution in [3.05, 3.63) is 0 Å². The Labute approximate surface area is 112 Å². The van der Waals surface area contributed by atoms with E-state index in [2.05, 4.69) is 17.3 Å². The number of hydrogen-bond acceptors (Lipinski definition) is 3. The lowest BCUT2D eigenvalue weighted by molar-refractivity contribution is -0.128. The first-order chi connectivity index (χ1) is 8.59. The van der Waals surface area contributed by atoms with Crippen molar-refractivity contribution in [1.82, 2.24) is 15.1 Å². The number of likely N-dealkylation sites (tertiary alicyclic amines) is 1. The molecule has 0 radical (unpaired) electrons. The standard InChI is InChI=1S/C14H29N3O/c1-16(2)14(18)5-4-9-15-10-6-13-7-11-17(3)12-8-13/h13,15H,4-12H2,1-3H3. The lowest BCUT2D eigenvalue weighted by Crippen LogP contribution is -2.31. The van der Waals surface area contributed by atoms with Crippen LogP contribution in [0.4, 0.5) is 0 Å². The molecule has 106 valence electrons. The van der Waals surface area contributed by atoms with E-state index in [9.17, 15) is 4.79 Å². The zero-order chi connectivity index (χ0) is 13.4. The van der Waals surface area contributed by atoms with Gasteiger partial charge in [-0.1, -0.05) is 0 Å². The number of amides is 1. The van der Waals surface area contributed by atoms with Crippen molar-refractivity contribution in [2.24, 2.45) is 5.92 Å². The van der Waals surface area contributed by atoms with Crippen molar-refractivity contribution in [2.45, 2.75) is 32.1 Å². The van der Waals surface area contributed by atoms with Crippen molar-refractivity contribution in [2.75, 3.05) is 47.3 Å². The van der Waals surface area contributed by atoms with Crippen molar-refractivity contribution >= 4 is 5.91 Å². The van der Waals surface area contributed by atoms with E-state index in [0.717, 1.165) is 25.4 Å². The first kappa shape index (κ1) is 15.4. The predicted octanol–water partition coefficient (Wildman–Crippen LogP) is 1.18. The molecule has 1 rings (SSSR count). The van der Waals surface area contributed by atoms with E-state index < -0.39 is 0 Å². The summed E-state index contributed by atoms with van der Waals surface area (Å²) in [5, 5.41) is 3.45. The number of rotatable bonds is 7. The van der Waals surface area contributed by atoms with Gasteiger partial charge in [-0.25, -0.2) is 0 Å². The summed E-state index contributed by atoms with van der Waals surface area (Å²) in [5.74, 6) is 1.13. The summed E-state index contributed by atoms with van der Waals surface area (Å²) in [6.45, 7) is 4.57. The van der Waals surface area contributed by atoms with Crippen LogP contribution in [-0.2, 0) is 4.79 Å². The minimum atomic E-state index is 0.229. The van der Waals surface area contributed by atoms with Crippen LogP contribution in [0.2, 0.25) is 0 Å². The Hall–Kier alpha value is -0.610. The maximum Gasteiger partial charge on any atom is 0.222 e. The number of nitrogens with zero attached hydrogens (tertiary/aromatic N) is 2. The molecule has 0 aromatic heterocycles. The lowest BCUT2D eigenvalue weighted by atomic mass is 9.94. The van der Waals surface area contributed by atoms with Gasteiger partial charge in [-0.05, 0) is 64.8 Å². The molecule has 1 N–H and O–H groups in total. The van der Waals surface area contributed by atoms with E-state index >= 15 is 0 Å². The zero-order valence-electron chi connectivity index (χ0n) is 12.2. The fourth-order valence-electron chi connectivity index (χ4n) is 2.37. The van der Waals surface area contributed by atoms with Gasteiger partial charge >= 0.3 is 0 Å². The molecule has 1 aliphatic rings.